The number of hydrogen-bond acceptors (Lipinski definition) is 3. The van der Waals surface area contributed by atoms with Gasteiger partial charge in [0.05, 0.1) is 0 Å². The number of aromatic nitrogens is 2. The van der Waals surface area contributed by atoms with Crippen molar-refractivity contribution < 1.29 is 4.52 Å². The van der Waals surface area contributed by atoms with E-state index < -0.39 is 0 Å². The summed E-state index contributed by atoms with van der Waals surface area (Å²) in [6, 6.07) is 0. The molecule has 3 nitrogen and oxygen atoms in total. The normalized spacial score (nSPS) is 12.5. The minimum absolute atomic E-state index is 0.0395. The molecule has 0 fully saturated rings. The fourth-order valence-corrected chi connectivity index (χ4v) is 1.01. The predicted molar refractivity (Wildman–Crippen MR) is 51.5 cm³/mol. The fourth-order valence-electron chi connectivity index (χ4n) is 1.01. The first-order chi connectivity index (χ1) is 5.89. The van der Waals surface area contributed by atoms with Crippen LogP contribution in [0.15, 0.2) is 4.52 Å². The first kappa shape index (κ1) is 10.2. The second kappa shape index (κ2) is 3.48. The molecule has 0 atom stereocenters. The van der Waals surface area contributed by atoms with E-state index in [9.17, 15) is 0 Å². The molecule has 0 aliphatic rings. The summed E-state index contributed by atoms with van der Waals surface area (Å²) in [6.45, 7) is 10.5. The summed E-state index contributed by atoms with van der Waals surface area (Å²) >= 11 is 0. The van der Waals surface area contributed by atoms with E-state index in [4.69, 9.17) is 4.52 Å². The molecule has 0 aliphatic heterocycles. The van der Waals surface area contributed by atoms with E-state index in [0.29, 0.717) is 5.92 Å². The van der Waals surface area contributed by atoms with Crippen molar-refractivity contribution in [3.8, 4) is 0 Å². The average Bonchev–Trinajstić information content (AvgIpc) is 2.32. The molecule has 0 N–H and O–H groups in total. The Hall–Kier alpha value is -0.860. The first-order valence-corrected chi connectivity index (χ1v) is 4.72. The minimum Gasteiger partial charge on any atom is -0.339 e. The van der Waals surface area contributed by atoms with Gasteiger partial charge in [0.1, 0.15) is 0 Å². The summed E-state index contributed by atoms with van der Waals surface area (Å²) in [5, 5.41) is 3.94. The quantitative estimate of drug-likeness (QED) is 0.705. The lowest BCUT2D eigenvalue weighted by molar-refractivity contribution is 0.317. The van der Waals surface area contributed by atoms with Crippen LogP contribution in [0.5, 0.6) is 0 Å². The van der Waals surface area contributed by atoms with Gasteiger partial charge in [-0.1, -0.05) is 39.8 Å². The number of nitrogens with zero attached hydrogens (tertiary/aromatic N) is 2. The second-order valence-corrected chi connectivity index (χ2v) is 4.86. The molecular weight excluding hydrogens is 164 g/mol. The molecule has 0 saturated heterocycles. The zero-order valence-electron chi connectivity index (χ0n) is 9.09. The SMILES string of the molecule is CC(C)Cc1noc(C(C)(C)C)n1. The van der Waals surface area contributed by atoms with Gasteiger partial charge in [-0.25, -0.2) is 0 Å². The Bertz CT molecular complexity index is 271. The number of rotatable bonds is 2. The average molecular weight is 182 g/mol. The Labute approximate surface area is 79.5 Å². The van der Waals surface area contributed by atoms with Gasteiger partial charge in [-0.15, -0.1) is 0 Å². The van der Waals surface area contributed by atoms with Gasteiger partial charge in [-0.05, 0) is 5.92 Å². The maximum Gasteiger partial charge on any atom is 0.232 e. The molecule has 0 aliphatic carbocycles. The van der Waals surface area contributed by atoms with E-state index in [-0.39, 0.29) is 5.41 Å². The van der Waals surface area contributed by atoms with Crippen molar-refractivity contribution in [2.24, 2.45) is 5.92 Å². The molecule has 13 heavy (non-hydrogen) atoms. The van der Waals surface area contributed by atoms with Crippen LogP contribution in [0.25, 0.3) is 0 Å². The van der Waals surface area contributed by atoms with Crippen molar-refractivity contribution in [3.05, 3.63) is 11.7 Å². The minimum atomic E-state index is -0.0395. The molecule has 0 amide bonds. The van der Waals surface area contributed by atoms with E-state index in [0.717, 1.165) is 18.1 Å². The zero-order chi connectivity index (χ0) is 10.1. The maximum absolute atomic E-state index is 5.17. The van der Waals surface area contributed by atoms with Crippen molar-refractivity contribution >= 4 is 0 Å². The molecule has 0 spiro atoms. The molecule has 1 aromatic heterocycles. The van der Waals surface area contributed by atoms with Crippen molar-refractivity contribution in [1.82, 2.24) is 10.1 Å². The van der Waals surface area contributed by atoms with Crippen LogP contribution in [0.4, 0.5) is 0 Å². The van der Waals surface area contributed by atoms with Gasteiger partial charge >= 0.3 is 0 Å². The van der Waals surface area contributed by atoms with Crippen molar-refractivity contribution in [1.29, 1.82) is 0 Å². The molecule has 1 rings (SSSR count). The highest BCUT2D eigenvalue weighted by Gasteiger charge is 2.21. The molecule has 74 valence electrons. The van der Waals surface area contributed by atoms with E-state index >= 15 is 0 Å². The van der Waals surface area contributed by atoms with Crippen molar-refractivity contribution in [3.63, 3.8) is 0 Å². The van der Waals surface area contributed by atoms with E-state index in [1.807, 2.05) is 0 Å². The van der Waals surface area contributed by atoms with Crippen molar-refractivity contribution in [2.45, 2.75) is 46.5 Å². The summed E-state index contributed by atoms with van der Waals surface area (Å²) in [5.41, 5.74) is -0.0395. The summed E-state index contributed by atoms with van der Waals surface area (Å²) in [4.78, 5) is 4.34. The van der Waals surface area contributed by atoms with E-state index in [2.05, 4.69) is 44.8 Å². The monoisotopic (exact) mass is 182 g/mol. The third-order valence-electron chi connectivity index (χ3n) is 1.70. The van der Waals surface area contributed by atoms with Crippen LogP contribution in [-0.2, 0) is 11.8 Å². The van der Waals surface area contributed by atoms with Crippen LogP contribution in [0.1, 0.15) is 46.3 Å². The Morgan fingerprint density at radius 1 is 1.31 bits per heavy atom. The van der Waals surface area contributed by atoms with Gasteiger partial charge in [0.2, 0.25) is 5.89 Å². The van der Waals surface area contributed by atoms with Crippen LogP contribution >= 0.6 is 0 Å². The molecule has 0 saturated carbocycles. The third kappa shape index (κ3) is 2.83. The highest BCUT2D eigenvalue weighted by atomic mass is 16.5. The lowest BCUT2D eigenvalue weighted by atomic mass is 9.97. The second-order valence-electron chi connectivity index (χ2n) is 4.86. The van der Waals surface area contributed by atoms with Gasteiger partial charge in [-0.3, -0.25) is 0 Å². The maximum atomic E-state index is 5.17. The van der Waals surface area contributed by atoms with Gasteiger partial charge < -0.3 is 4.52 Å². The van der Waals surface area contributed by atoms with Gasteiger partial charge in [-0.2, -0.15) is 4.98 Å². The Morgan fingerprint density at radius 2 is 1.92 bits per heavy atom. The Kier molecular flexibility index (Phi) is 2.74. The van der Waals surface area contributed by atoms with Crippen LogP contribution in [0, 0.1) is 5.92 Å². The first-order valence-electron chi connectivity index (χ1n) is 4.72. The standard InChI is InChI=1S/C10H18N2O/c1-7(2)6-8-11-9(13-12-8)10(3,4)5/h7H,6H2,1-5H3. The fraction of sp³-hybridized carbons (Fsp3) is 0.800. The zero-order valence-corrected chi connectivity index (χ0v) is 9.09. The molecule has 0 bridgehead atoms. The third-order valence-corrected chi connectivity index (χ3v) is 1.70. The Balaban J connectivity index is 2.75. The van der Waals surface area contributed by atoms with Crippen LogP contribution in [0.2, 0.25) is 0 Å². The summed E-state index contributed by atoms with van der Waals surface area (Å²) < 4.78 is 5.17. The molecule has 1 heterocycles. The highest BCUT2D eigenvalue weighted by Crippen LogP contribution is 2.20. The van der Waals surface area contributed by atoms with Gasteiger partial charge in [0.25, 0.3) is 0 Å². The summed E-state index contributed by atoms with van der Waals surface area (Å²) in [5.74, 6) is 2.12. The highest BCUT2D eigenvalue weighted by molar-refractivity contribution is 4.98. The smallest absolute Gasteiger partial charge is 0.232 e. The van der Waals surface area contributed by atoms with Crippen LogP contribution in [0.3, 0.4) is 0 Å². The van der Waals surface area contributed by atoms with Crippen LogP contribution < -0.4 is 0 Å². The van der Waals surface area contributed by atoms with E-state index in [1.165, 1.54) is 0 Å². The summed E-state index contributed by atoms with van der Waals surface area (Å²) in [7, 11) is 0. The number of hydrogen-bond donors (Lipinski definition) is 0. The molecular formula is C10H18N2O. The Morgan fingerprint density at radius 3 is 2.31 bits per heavy atom. The van der Waals surface area contributed by atoms with Gasteiger partial charge in [0, 0.05) is 11.8 Å². The topological polar surface area (TPSA) is 38.9 Å². The molecule has 1 aromatic rings. The van der Waals surface area contributed by atoms with Crippen molar-refractivity contribution in [2.75, 3.05) is 0 Å². The predicted octanol–water partition coefficient (Wildman–Crippen LogP) is 2.57. The van der Waals surface area contributed by atoms with Gasteiger partial charge in [0.15, 0.2) is 5.82 Å². The molecule has 0 aromatic carbocycles. The molecule has 3 heteroatoms. The lowest BCUT2D eigenvalue weighted by Crippen LogP contribution is -2.11. The largest absolute Gasteiger partial charge is 0.339 e. The van der Waals surface area contributed by atoms with Crippen LogP contribution in [-0.4, -0.2) is 10.1 Å². The van der Waals surface area contributed by atoms with E-state index in [1.54, 1.807) is 0 Å². The lowest BCUT2D eigenvalue weighted by Gasteiger charge is -2.10. The molecule has 0 unspecified atom stereocenters. The summed E-state index contributed by atoms with van der Waals surface area (Å²) in [6.07, 6.45) is 0.888. The molecule has 0 radical (unpaired) electrons.